The number of hydrogen-bond acceptors (Lipinski definition) is 5. The number of imidazole rings is 1. The molecule has 3 rings (SSSR count). The number of piperidine rings is 1. The molecule has 0 unspecified atom stereocenters. The molecule has 0 atom stereocenters. The van der Waals surface area contributed by atoms with Crippen LogP contribution in [-0.2, 0) is 11.3 Å². The van der Waals surface area contributed by atoms with Gasteiger partial charge in [-0.05, 0) is 25.0 Å². The van der Waals surface area contributed by atoms with Crippen LogP contribution in [0.15, 0.2) is 30.6 Å². The largest absolute Gasteiger partial charge is 0.477 e. The summed E-state index contributed by atoms with van der Waals surface area (Å²) in [4.78, 5) is 22.0. The first-order valence-electron chi connectivity index (χ1n) is 8.14. The van der Waals surface area contributed by atoms with Gasteiger partial charge in [-0.25, -0.2) is 14.8 Å². The minimum atomic E-state index is -0.994. The molecule has 0 aliphatic carbocycles. The van der Waals surface area contributed by atoms with E-state index in [2.05, 4.69) is 19.4 Å². The minimum Gasteiger partial charge on any atom is -0.477 e. The van der Waals surface area contributed by atoms with Crippen molar-refractivity contribution in [2.45, 2.75) is 25.3 Å². The van der Waals surface area contributed by atoms with Crippen molar-refractivity contribution in [1.82, 2.24) is 14.5 Å². The third-order valence-corrected chi connectivity index (χ3v) is 4.42. The Morgan fingerprint density at radius 1 is 1.38 bits per heavy atom. The molecule has 3 heterocycles. The van der Waals surface area contributed by atoms with E-state index in [9.17, 15) is 4.79 Å². The first kappa shape index (κ1) is 16.4. The predicted molar refractivity (Wildman–Crippen MR) is 89.5 cm³/mol. The molecule has 0 radical (unpaired) electrons. The molecule has 0 aromatic carbocycles. The van der Waals surface area contributed by atoms with Crippen LogP contribution in [0.25, 0.3) is 0 Å². The van der Waals surface area contributed by atoms with E-state index in [1.807, 2.05) is 18.5 Å². The Balaban J connectivity index is 1.65. The zero-order chi connectivity index (χ0) is 16.9. The maximum absolute atomic E-state index is 11.1. The van der Waals surface area contributed by atoms with Crippen LogP contribution in [-0.4, -0.2) is 52.4 Å². The summed E-state index contributed by atoms with van der Waals surface area (Å²) in [5.74, 6) is 1.26. The van der Waals surface area contributed by atoms with Gasteiger partial charge < -0.3 is 19.3 Å². The first-order chi connectivity index (χ1) is 11.7. The molecule has 0 amide bonds. The van der Waals surface area contributed by atoms with Crippen molar-refractivity contribution < 1.29 is 14.6 Å². The van der Waals surface area contributed by atoms with Crippen LogP contribution < -0.4 is 4.90 Å². The monoisotopic (exact) mass is 330 g/mol. The molecular weight excluding hydrogens is 308 g/mol. The van der Waals surface area contributed by atoms with E-state index in [1.54, 1.807) is 13.2 Å². The molecule has 1 aliphatic heterocycles. The number of pyridine rings is 1. The number of aromatic nitrogens is 3. The Morgan fingerprint density at radius 3 is 2.88 bits per heavy atom. The van der Waals surface area contributed by atoms with Crippen molar-refractivity contribution in [1.29, 1.82) is 0 Å². The molecule has 0 bridgehead atoms. The summed E-state index contributed by atoms with van der Waals surface area (Å²) in [5.41, 5.74) is 0.0877. The zero-order valence-electron chi connectivity index (χ0n) is 13.8. The number of methoxy groups -OCH3 is 1. The lowest BCUT2D eigenvalue weighted by Crippen LogP contribution is -2.34. The van der Waals surface area contributed by atoms with Crippen LogP contribution >= 0.6 is 0 Å². The van der Waals surface area contributed by atoms with Gasteiger partial charge in [0, 0.05) is 45.1 Å². The van der Waals surface area contributed by atoms with Gasteiger partial charge in [0.15, 0.2) is 5.69 Å². The Morgan fingerprint density at radius 2 is 2.17 bits per heavy atom. The lowest BCUT2D eigenvalue weighted by Gasteiger charge is -2.32. The molecule has 2 aromatic heterocycles. The summed E-state index contributed by atoms with van der Waals surface area (Å²) in [7, 11) is 1.70. The third-order valence-electron chi connectivity index (χ3n) is 4.42. The van der Waals surface area contributed by atoms with Crippen molar-refractivity contribution in [3.05, 3.63) is 42.1 Å². The van der Waals surface area contributed by atoms with Gasteiger partial charge in [-0.15, -0.1) is 0 Å². The average Bonchev–Trinajstić information content (AvgIpc) is 3.08. The smallest absolute Gasteiger partial charge is 0.354 e. The van der Waals surface area contributed by atoms with Crippen molar-refractivity contribution in [3.63, 3.8) is 0 Å². The van der Waals surface area contributed by atoms with Crippen molar-refractivity contribution in [2.24, 2.45) is 0 Å². The number of carboxylic acid groups (broad SMARTS) is 1. The normalized spacial score (nSPS) is 15.6. The minimum absolute atomic E-state index is 0.0877. The van der Waals surface area contributed by atoms with Crippen LogP contribution in [0, 0.1) is 0 Å². The molecule has 7 heteroatoms. The van der Waals surface area contributed by atoms with Gasteiger partial charge in [-0.3, -0.25) is 0 Å². The van der Waals surface area contributed by atoms with Gasteiger partial charge >= 0.3 is 5.97 Å². The summed E-state index contributed by atoms with van der Waals surface area (Å²) in [6.45, 7) is 3.18. The number of anilines is 1. The van der Waals surface area contributed by atoms with E-state index in [0.717, 1.165) is 44.1 Å². The lowest BCUT2D eigenvalue weighted by atomic mass is 9.96. The van der Waals surface area contributed by atoms with Gasteiger partial charge in [-0.2, -0.15) is 0 Å². The highest BCUT2D eigenvalue weighted by Crippen LogP contribution is 2.29. The van der Waals surface area contributed by atoms with E-state index in [4.69, 9.17) is 9.84 Å². The summed E-state index contributed by atoms with van der Waals surface area (Å²) < 4.78 is 7.31. The zero-order valence-corrected chi connectivity index (χ0v) is 13.8. The number of hydrogen-bond donors (Lipinski definition) is 1. The number of carboxylic acids is 1. The van der Waals surface area contributed by atoms with Crippen molar-refractivity contribution >= 4 is 11.8 Å². The molecule has 1 aliphatic rings. The number of aromatic carboxylic acids is 1. The fourth-order valence-corrected chi connectivity index (χ4v) is 3.14. The van der Waals surface area contributed by atoms with Crippen LogP contribution in [0.3, 0.4) is 0 Å². The van der Waals surface area contributed by atoms with Crippen LogP contribution in [0.5, 0.6) is 0 Å². The van der Waals surface area contributed by atoms with Gasteiger partial charge in [0.25, 0.3) is 0 Å². The summed E-state index contributed by atoms with van der Waals surface area (Å²) >= 11 is 0. The van der Waals surface area contributed by atoms with Crippen molar-refractivity contribution in [3.8, 4) is 0 Å². The average molecular weight is 330 g/mol. The van der Waals surface area contributed by atoms with Crippen LogP contribution in [0.4, 0.5) is 5.82 Å². The highest BCUT2D eigenvalue weighted by molar-refractivity contribution is 5.85. The molecular formula is C17H22N4O3. The number of ether oxygens (including phenoxy) is 1. The van der Waals surface area contributed by atoms with E-state index >= 15 is 0 Å². The fraction of sp³-hybridized carbons (Fsp3) is 0.471. The quantitative estimate of drug-likeness (QED) is 0.872. The number of carbonyl (C=O) groups is 1. The van der Waals surface area contributed by atoms with E-state index in [1.165, 1.54) is 6.07 Å². The van der Waals surface area contributed by atoms with Gasteiger partial charge in [-0.1, -0.05) is 6.07 Å². The maximum atomic E-state index is 11.1. The van der Waals surface area contributed by atoms with Gasteiger partial charge in [0.1, 0.15) is 11.6 Å². The van der Waals surface area contributed by atoms with Gasteiger partial charge in [0.05, 0.1) is 6.61 Å². The van der Waals surface area contributed by atoms with Crippen LogP contribution in [0.2, 0.25) is 0 Å². The Labute approximate surface area is 140 Å². The second-order valence-electron chi connectivity index (χ2n) is 5.92. The topological polar surface area (TPSA) is 80.5 Å². The van der Waals surface area contributed by atoms with E-state index in [0.29, 0.717) is 12.5 Å². The molecule has 1 saturated heterocycles. The Kier molecular flexibility index (Phi) is 5.10. The highest BCUT2D eigenvalue weighted by atomic mass is 16.5. The second kappa shape index (κ2) is 7.44. The van der Waals surface area contributed by atoms with Gasteiger partial charge in [0.2, 0.25) is 0 Å². The second-order valence-corrected chi connectivity index (χ2v) is 5.92. The van der Waals surface area contributed by atoms with E-state index < -0.39 is 5.97 Å². The highest BCUT2D eigenvalue weighted by Gasteiger charge is 2.24. The van der Waals surface area contributed by atoms with Crippen molar-refractivity contribution in [2.75, 3.05) is 31.7 Å². The summed E-state index contributed by atoms with van der Waals surface area (Å²) in [5, 5.41) is 9.07. The molecule has 1 N–H and O–H groups in total. The Hall–Kier alpha value is -2.41. The fourth-order valence-electron chi connectivity index (χ4n) is 3.14. The number of rotatable bonds is 6. The van der Waals surface area contributed by atoms with E-state index in [-0.39, 0.29) is 5.69 Å². The first-order valence-corrected chi connectivity index (χ1v) is 8.14. The molecule has 0 saturated carbocycles. The molecule has 0 spiro atoms. The summed E-state index contributed by atoms with van der Waals surface area (Å²) in [6.07, 6.45) is 5.79. The number of nitrogens with zero attached hydrogens (tertiary/aromatic N) is 4. The Bertz CT molecular complexity index is 693. The molecule has 128 valence electrons. The standard InChI is InChI=1S/C17H22N4O3/c1-24-12-11-21-10-7-18-16(21)13-5-8-20(9-6-13)15-4-2-3-14(19-15)17(22)23/h2-4,7,10,13H,5-6,8-9,11-12H2,1H3,(H,22,23). The summed E-state index contributed by atoms with van der Waals surface area (Å²) in [6, 6.07) is 5.13. The SMILES string of the molecule is COCCn1ccnc1C1CCN(c2cccc(C(=O)O)n2)CC1. The molecule has 1 fully saturated rings. The third kappa shape index (κ3) is 3.56. The lowest BCUT2D eigenvalue weighted by molar-refractivity contribution is 0.0690. The molecule has 2 aromatic rings. The van der Waals surface area contributed by atoms with Crippen LogP contribution in [0.1, 0.15) is 35.1 Å². The maximum Gasteiger partial charge on any atom is 0.354 e. The predicted octanol–water partition coefficient (Wildman–Crippen LogP) is 2.01. The molecule has 7 nitrogen and oxygen atoms in total. The molecule has 24 heavy (non-hydrogen) atoms.